The molecule has 0 bridgehead atoms. The Morgan fingerprint density at radius 1 is 1.35 bits per heavy atom. The molecule has 20 heavy (non-hydrogen) atoms. The highest BCUT2D eigenvalue weighted by molar-refractivity contribution is 5.92. The van der Waals surface area contributed by atoms with E-state index in [1.807, 2.05) is 40.7 Å². The maximum Gasteiger partial charge on any atom is 0.227 e. The van der Waals surface area contributed by atoms with Crippen molar-refractivity contribution >= 4 is 11.6 Å². The topological polar surface area (TPSA) is 63.2 Å². The molecule has 0 aliphatic carbocycles. The molecule has 0 aromatic carbocycles. The minimum Gasteiger partial charge on any atom is -0.360 e. The number of nitrogens with one attached hydrogen (secondary N) is 2. The zero-order valence-electron chi connectivity index (χ0n) is 13.3. The Morgan fingerprint density at radius 2 is 2.00 bits per heavy atom. The molecule has 2 N–H and O–H groups in total. The highest BCUT2D eigenvalue weighted by Crippen LogP contribution is 2.21. The Balaban J connectivity index is 2.72. The van der Waals surface area contributed by atoms with Crippen LogP contribution >= 0.6 is 0 Å². The predicted molar refractivity (Wildman–Crippen MR) is 80.8 cm³/mol. The second kappa shape index (κ2) is 6.81. The molecule has 0 radical (unpaired) electrons. The van der Waals surface area contributed by atoms with Crippen LogP contribution in [0.4, 0.5) is 5.69 Å². The molecule has 0 spiro atoms. The minimum atomic E-state index is -0.507. The highest BCUT2D eigenvalue weighted by Gasteiger charge is 2.23. The summed E-state index contributed by atoms with van der Waals surface area (Å²) in [6.07, 6.45) is 0.293. The molecule has 0 aliphatic heterocycles. The number of carbonyl (C=O) groups excluding carboxylic acids is 1. The molecule has 0 atom stereocenters. The van der Waals surface area contributed by atoms with Crippen LogP contribution in [0.5, 0.6) is 0 Å². The zero-order valence-corrected chi connectivity index (χ0v) is 13.3. The summed E-state index contributed by atoms with van der Waals surface area (Å²) in [6.45, 7) is 10.0. The number of pyridine rings is 1. The predicted octanol–water partition coefficient (Wildman–Crippen LogP) is 2.31. The van der Waals surface area contributed by atoms with E-state index < -0.39 is 5.60 Å². The van der Waals surface area contributed by atoms with E-state index in [-0.39, 0.29) is 5.91 Å². The quantitative estimate of drug-likeness (QED) is 0.784. The summed E-state index contributed by atoms with van der Waals surface area (Å²) in [6, 6.07) is 1.96. The molecule has 1 amide bonds. The zero-order chi connectivity index (χ0) is 15.3. The number of ether oxygens (including phenoxy) is 1. The maximum atomic E-state index is 12.1. The molecule has 0 unspecified atom stereocenters. The van der Waals surface area contributed by atoms with Gasteiger partial charge in [-0.2, -0.15) is 0 Å². The minimum absolute atomic E-state index is 0.0667. The van der Waals surface area contributed by atoms with Gasteiger partial charge in [-0.05, 0) is 53.3 Å². The lowest BCUT2D eigenvalue weighted by Gasteiger charge is -2.24. The van der Waals surface area contributed by atoms with Crippen molar-refractivity contribution in [3.63, 3.8) is 0 Å². The number of hydrogen-bond acceptors (Lipinski definition) is 4. The third-order valence-electron chi connectivity index (χ3n) is 2.98. The van der Waals surface area contributed by atoms with Gasteiger partial charge in [-0.3, -0.25) is 15.1 Å². The van der Waals surface area contributed by atoms with Crippen molar-refractivity contribution in [2.24, 2.45) is 0 Å². The Bertz CT molecular complexity index is 461. The molecule has 1 heterocycles. The SMILES string of the molecule is CNCOC(C)(C)CC(=O)Nc1c(C)cc(C)nc1C. The molecule has 1 aromatic rings. The normalized spacial score (nSPS) is 11.5. The van der Waals surface area contributed by atoms with Crippen LogP contribution in [0.3, 0.4) is 0 Å². The molecule has 112 valence electrons. The van der Waals surface area contributed by atoms with Crippen LogP contribution in [0.2, 0.25) is 0 Å². The second-order valence-electron chi connectivity index (χ2n) is 5.67. The summed E-state index contributed by atoms with van der Waals surface area (Å²) < 4.78 is 5.58. The van der Waals surface area contributed by atoms with Crippen molar-refractivity contribution in [2.75, 3.05) is 19.1 Å². The number of amides is 1. The fourth-order valence-electron chi connectivity index (χ4n) is 2.10. The van der Waals surface area contributed by atoms with Crippen LogP contribution in [0.1, 0.15) is 37.2 Å². The first-order valence-electron chi connectivity index (χ1n) is 6.78. The van der Waals surface area contributed by atoms with E-state index in [2.05, 4.69) is 15.6 Å². The number of nitrogens with zero attached hydrogens (tertiary/aromatic N) is 1. The molecule has 5 nitrogen and oxygen atoms in total. The number of aryl methyl sites for hydroxylation is 3. The molecular weight excluding hydrogens is 254 g/mol. The Hall–Kier alpha value is -1.46. The van der Waals surface area contributed by atoms with Gasteiger partial charge in [-0.25, -0.2) is 0 Å². The van der Waals surface area contributed by atoms with Gasteiger partial charge in [-0.15, -0.1) is 0 Å². The molecule has 0 saturated heterocycles. The fraction of sp³-hybridized carbons (Fsp3) is 0.600. The third kappa shape index (κ3) is 4.90. The Morgan fingerprint density at radius 3 is 2.55 bits per heavy atom. The maximum absolute atomic E-state index is 12.1. The number of anilines is 1. The first-order valence-corrected chi connectivity index (χ1v) is 6.78. The highest BCUT2D eigenvalue weighted by atomic mass is 16.5. The molecule has 1 rings (SSSR count). The number of aromatic nitrogens is 1. The molecule has 1 aromatic heterocycles. The van der Waals surface area contributed by atoms with Crippen LogP contribution in [0, 0.1) is 20.8 Å². The lowest BCUT2D eigenvalue weighted by molar-refractivity contribution is -0.122. The first kappa shape index (κ1) is 16.6. The van der Waals surface area contributed by atoms with E-state index in [9.17, 15) is 4.79 Å². The van der Waals surface area contributed by atoms with E-state index in [4.69, 9.17) is 4.74 Å². The van der Waals surface area contributed by atoms with Crippen LogP contribution in [0.15, 0.2) is 6.07 Å². The van der Waals surface area contributed by atoms with E-state index in [1.54, 1.807) is 7.05 Å². The summed E-state index contributed by atoms with van der Waals surface area (Å²) >= 11 is 0. The van der Waals surface area contributed by atoms with Crippen LogP contribution in [0.25, 0.3) is 0 Å². The van der Waals surface area contributed by atoms with Crippen molar-refractivity contribution in [3.05, 3.63) is 23.0 Å². The Kier molecular flexibility index (Phi) is 5.65. The molecule has 0 saturated carbocycles. The van der Waals surface area contributed by atoms with Gasteiger partial charge in [0.25, 0.3) is 0 Å². The van der Waals surface area contributed by atoms with Gasteiger partial charge in [0.1, 0.15) is 0 Å². The number of carbonyl (C=O) groups is 1. The van der Waals surface area contributed by atoms with Crippen molar-refractivity contribution in [2.45, 2.75) is 46.6 Å². The van der Waals surface area contributed by atoms with Gasteiger partial charge in [0.2, 0.25) is 5.91 Å². The van der Waals surface area contributed by atoms with Gasteiger partial charge in [0.05, 0.1) is 30.1 Å². The lowest BCUT2D eigenvalue weighted by Crippen LogP contribution is -2.33. The van der Waals surface area contributed by atoms with E-state index in [0.717, 1.165) is 22.6 Å². The van der Waals surface area contributed by atoms with E-state index in [1.165, 1.54) is 0 Å². The summed E-state index contributed by atoms with van der Waals surface area (Å²) in [5.41, 5.74) is 3.11. The average molecular weight is 279 g/mol. The third-order valence-corrected chi connectivity index (χ3v) is 2.98. The standard InChI is InChI=1S/C15H25N3O2/c1-10-7-11(2)17-12(3)14(10)18-13(19)8-15(4,5)20-9-16-6/h7,16H,8-9H2,1-6H3,(H,18,19). The largest absolute Gasteiger partial charge is 0.360 e. The van der Waals surface area contributed by atoms with Crippen molar-refractivity contribution in [1.29, 1.82) is 0 Å². The average Bonchev–Trinajstić information content (AvgIpc) is 2.30. The van der Waals surface area contributed by atoms with Gasteiger partial charge in [0, 0.05) is 5.69 Å². The number of hydrogen-bond donors (Lipinski definition) is 2. The van der Waals surface area contributed by atoms with Crippen LogP contribution < -0.4 is 10.6 Å². The van der Waals surface area contributed by atoms with Gasteiger partial charge >= 0.3 is 0 Å². The van der Waals surface area contributed by atoms with Gasteiger partial charge in [-0.1, -0.05) is 0 Å². The summed E-state index contributed by atoms with van der Waals surface area (Å²) in [5, 5.41) is 5.84. The van der Waals surface area contributed by atoms with Crippen molar-refractivity contribution in [1.82, 2.24) is 10.3 Å². The monoisotopic (exact) mass is 279 g/mol. The van der Waals surface area contributed by atoms with Gasteiger partial charge in [0.15, 0.2) is 0 Å². The van der Waals surface area contributed by atoms with Crippen molar-refractivity contribution in [3.8, 4) is 0 Å². The summed E-state index contributed by atoms with van der Waals surface area (Å²) in [4.78, 5) is 16.5. The smallest absolute Gasteiger partial charge is 0.227 e. The summed E-state index contributed by atoms with van der Waals surface area (Å²) in [7, 11) is 1.81. The first-order chi connectivity index (χ1) is 9.25. The number of rotatable bonds is 6. The fourth-order valence-corrected chi connectivity index (χ4v) is 2.10. The lowest BCUT2D eigenvalue weighted by atomic mass is 10.0. The van der Waals surface area contributed by atoms with Crippen LogP contribution in [-0.4, -0.2) is 30.3 Å². The van der Waals surface area contributed by atoms with Crippen molar-refractivity contribution < 1.29 is 9.53 Å². The molecular formula is C15H25N3O2. The molecule has 0 aliphatic rings. The van der Waals surface area contributed by atoms with E-state index in [0.29, 0.717) is 13.2 Å². The Labute approximate surface area is 121 Å². The van der Waals surface area contributed by atoms with E-state index >= 15 is 0 Å². The van der Waals surface area contributed by atoms with Crippen LogP contribution in [-0.2, 0) is 9.53 Å². The molecule has 5 heteroatoms. The van der Waals surface area contributed by atoms with Gasteiger partial charge < -0.3 is 10.1 Å². The molecule has 0 fully saturated rings. The summed E-state index contributed by atoms with van der Waals surface area (Å²) in [5.74, 6) is -0.0667. The second-order valence-corrected chi connectivity index (χ2v) is 5.67.